The Kier molecular flexibility index (Phi) is 6.17. The molecule has 0 unspecified atom stereocenters. The van der Waals surface area contributed by atoms with Gasteiger partial charge in [0.2, 0.25) is 5.91 Å². The number of aryl methyl sites for hydroxylation is 1. The first-order valence-corrected chi connectivity index (χ1v) is 14.7. The van der Waals surface area contributed by atoms with Gasteiger partial charge in [0, 0.05) is 63.7 Å². The van der Waals surface area contributed by atoms with E-state index in [9.17, 15) is 13.2 Å². The summed E-state index contributed by atoms with van der Waals surface area (Å²) in [5, 5.41) is 12.8. The van der Waals surface area contributed by atoms with Crippen LogP contribution in [0.25, 0.3) is 27.8 Å². The fraction of sp³-hybridized carbons (Fsp3) is 0.296. The molecule has 4 heterocycles. The fourth-order valence-electron chi connectivity index (χ4n) is 5.08. The molecule has 1 aliphatic heterocycles. The molecule has 206 valence electrons. The predicted octanol–water partition coefficient (Wildman–Crippen LogP) is 3.08. The van der Waals surface area contributed by atoms with Gasteiger partial charge in [0.25, 0.3) is 0 Å². The van der Waals surface area contributed by atoms with Crippen LogP contribution < -0.4 is 9.80 Å². The third-order valence-electron chi connectivity index (χ3n) is 7.30. The molecule has 0 radical (unpaired) electrons. The highest BCUT2D eigenvalue weighted by atomic mass is 32.2. The number of nitrogens with zero attached hydrogens (tertiary/aromatic N) is 8. The van der Waals surface area contributed by atoms with Crippen LogP contribution in [0, 0.1) is 6.92 Å². The highest BCUT2D eigenvalue weighted by Gasteiger charge is 2.25. The second kappa shape index (κ2) is 9.59. The van der Waals surface area contributed by atoms with E-state index in [0.29, 0.717) is 54.4 Å². The minimum Gasteiger partial charge on any atom is -0.353 e. The van der Waals surface area contributed by atoms with Gasteiger partial charge in [0.05, 0.1) is 10.6 Å². The number of fused-ring (bicyclic) bond motifs is 2. The van der Waals surface area contributed by atoms with E-state index in [1.54, 1.807) is 29.6 Å². The number of anilines is 3. The number of rotatable bonds is 5. The number of amides is 1. The van der Waals surface area contributed by atoms with E-state index in [2.05, 4.69) is 15.2 Å². The Hall–Kier alpha value is -4.52. The van der Waals surface area contributed by atoms with Crippen molar-refractivity contribution in [3.8, 4) is 11.1 Å². The second-order valence-corrected chi connectivity index (χ2v) is 12.0. The van der Waals surface area contributed by atoms with E-state index >= 15 is 0 Å². The number of benzene rings is 2. The maximum atomic E-state index is 12.3. The SMILES string of the molecule is CC(=O)N1CCN(c2cc(N(C)c3cccc(S(C)(=O)=O)c3)n3nc(C)c(-c4ccc5nonc5c4)c3n2)CC1. The van der Waals surface area contributed by atoms with Crippen LogP contribution in [0.2, 0.25) is 0 Å². The van der Waals surface area contributed by atoms with Crippen molar-refractivity contribution >= 4 is 49.7 Å². The van der Waals surface area contributed by atoms with Crippen molar-refractivity contribution in [2.45, 2.75) is 18.7 Å². The third kappa shape index (κ3) is 4.51. The normalized spacial score (nSPS) is 14.3. The summed E-state index contributed by atoms with van der Waals surface area (Å²) in [7, 11) is -1.52. The smallest absolute Gasteiger partial charge is 0.219 e. The van der Waals surface area contributed by atoms with E-state index < -0.39 is 9.84 Å². The molecule has 0 aliphatic carbocycles. The number of sulfone groups is 1. The van der Waals surface area contributed by atoms with E-state index in [-0.39, 0.29) is 10.8 Å². The van der Waals surface area contributed by atoms with Crippen molar-refractivity contribution in [1.82, 2.24) is 29.8 Å². The molecule has 0 bridgehead atoms. The number of carbonyl (C=O) groups is 1. The topological polar surface area (TPSA) is 130 Å². The average Bonchev–Trinajstić information content (AvgIpc) is 3.54. The molecule has 13 heteroatoms. The zero-order valence-corrected chi connectivity index (χ0v) is 23.4. The molecule has 2 aromatic carbocycles. The molecule has 0 N–H and O–H groups in total. The Morgan fingerprint density at radius 2 is 1.75 bits per heavy atom. The molecule has 1 aliphatic rings. The van der Waals surface area contributed by atoms with E-state index in [1.165, 1.54) is 6.26 Å². The quantitative estimate of drug-likeness (QED) is 0.316. The van der Waals surface area contributed by atoms with E-state index in [0.717, 1.165) is 22.6 Å². The van der Waals surface area contributed by atoms with Crippen LogP contribution in [0.3, 0.4) is 0 Å². The summed E-state index contributed by atoms with van der Waals surface area (Å²) in [5.41, 5.74) is 5.08. The first-order chi connectivity index (χ1) is 19.1. The van der Waals surface area contributed by atoms with Crippen molar-refractivity contribution in [2.24, 2.45) is 0 Å². The lowest BCUT2D eigenvalue weighted by Gasteiger charge is -2.35. The summed E-state index contributed by atoms with van der Waals surface area (Å²) >= 11 is 0. The Morgan fingerprint density at radius 3 is 2.48 bits per heavy atom. The zero-order valence-electron chi connectivity index (χ0n) is 22.6. The molecule has 5 aromatic rings. The summed E-state index contributed by atoms with van der Waals surface area (Å²) < 4.78 is 31.2. The Balaban J connectivity index is 1.52. The highest BCUT2D eigenvalue weighted by molar-refractivity contribution is 7.90. The molecule has 1 amide bonds. The molecule has 12 nitrogen and oxygen atoms in total. The van der Waals surface area contributed by atoms with Gasteiger partial charge in [-0.05, 0) is 53.1 Å². The lowest BCUT2D eigenvalue weighted by Crippen LogP contribution is -2.48. The second-order valence-electron chi connectivity index (χ2n) is 9.96. The van der Waals surface area contributed by atoms with Crippen molar-refractivity contribution < 1.29 is 17.8 Å². The van der Waals surface area contributed by atoms with Gasteiger partial charge in [-0.15, -0.1) is 0 Å². The van der Waals surface area contributed by atoms with Crippen LogP contribution in [-0.4, -0.2) is 83.6 Å². The van der Waals surface area contributed by atoms with Crippen LogP contribution in [-0.2, 0) is 14.6 Å². The summed E-state index contributed by atoms with van der Waals surface area (Å²) in [4.78, 5) is 23.1. The maximum Gasteiger partial charge on any atom is 0.219 e. The van der Waals surface area contributed by atoms with Gasteiger partial charge in [0.15, 0.2) is 15.5 Å². The minimum atomic E-state index is -3.39. The predicted molar refractivity (Wildman–Crippen MR) is 151 cm³/mol. The zero-order chi connectivity index (χ0) is 28.2. The monoisotopic (exact) mass is 560 g/mol. The number of hydrogen-bond donors (Lipinski definition) is 0. The van der Waals surface area contributed by atoms with Crippen LogP contribution in [0.5, 0.6) is 0 Å². The molecule has 3 aromatic heterocycles. The first kappa shape index (κ1) is 25.7. The van der Waals surface area contributed by atoms with Gasteiger partial charge in [-0.1, -0.05) is 12.1 Å². The molecule has 0 spiro atoms. The highest BCUT2D eigenvalue weighted by Crippen LogP contribution is 2.35. The standard InChI is InChI=1S/C27H28N8O4S/c1-17-26(19-8-9-22-23(14-19)31-39-30-22)27-28-24(34-12-10-33(11-13-34)18(2)36)16-25(35(27)29-17)32(3)20-6-5-7-21(15-20)40(4,37)38/h5-9,14-16H,10-13H2,1-4H3. The van der Waals surface area contributed by atoms with Crippen molar-refractivity contribution in [3.05, 3.63) is 54.2 Å². The van der Waals surface area contributed by atoms with Crippen molar-refractivity contribution in [3.63, 3.8) is 0 Å². The number of aromatic nitrogens is 5. The summed E-state index contributed by atoms with van der Waals surface area (Å²) in [6.45, 7) is 5.98. The Bertz CT molecular complexity index is 1870. The largest absolute Gasteiger partial charge is 0.353 e. The van der Waals surface area contributed by atoms with Crippen molar-refractivity contribution in [1.29, 1.82) is 0 Å². The number of hydrogen-bond acceptors (Lipinski definition) is 10. The molecule has 0 saturated carbocycles. The lowest BCUT2D eigenvalue weighted by molar-refractivity contribution is -0.129. The summed E-state index contributed by atoms with van der Waals surface area (Å²) in [5.74, 6) is 1.50. The van der Waals surface area contributed by atoms with Gasteiger partial charge < -0.3 is 14.7 Å². The maximum absolute atomic E-state index is 12.3. The van der Waals surface area contributed by atoms with Gasteiger partial charge >= 0.3 is 0 Å². The van der Waals surface area contributed by atoms with Gasteiger partial charge in [-0.2, -0.15) is 9.61 Å². The molecular formula is C27H28N8O4S. The van der Waals surface area contributed by atoms with E-state index in [4.69, 9.17) is 14.7 Å². The molecular weight excluding hydrogens is 532 g/mol. The first-order valence-electron chi connectivity index (χ1n) is 12.8. The van der Waals surface area contributed by atoms with E-state index in [1.807, 2.05) is 54.1 Å². The van der Waals surface area contributed by atoms with Crippen molar-refractivity contribution in [2.75, 3.05) is 49.3 Å². The minimum absolute atomic E-state index is 0.0562. The summed E-state index contributed by atoms with van der Waals surface area (Å²) in [6.07, 6.45) is 1.19. The Morgan fingerprint density at radius 1 is 1.00 bits per heavy atom. The molecule has 6 rings (SSSR count). The van der Waals surface area contributed by atoms with Gasteiger partial charge in [0.1, 0.15) is 22.7 Å². The third-order valence-corrected chi connectivity index (χ3v) is 8.41. The molecule has 1 fully saturated rings. The fourth-order valence-corrected chi connectivity index (χ4v) is 5.74. The van der Waals surface area contributed by atoms with Gasteiger partial charge in [-0.3, -0.25) is 4.79 Å². The van der Waals surface area contributed by atoms with Crippen LogP contribution in [0.15, 0.2) is 58.1 Å². The number of carbonyl (C=O) groups excluding carboxylic acids is 1. The Labute approximate surface area is 230 Å². The average molecular weight is 561 g/mol. The molecule has 40 heavy (non-hydrogen) atoms. The number of piperazine rings is 1. The van der Waals surface area contributed by atoms with Crippen LogP contribution in [0.4, 0.5) is 17.3 Å². The lowest BCUT2D eigenvalue weighted by atomic mass is 10.1. The molecule has 0 atom stereocenters. The van der Waals surface area contributed by atoms with Crippen LogP contribution >= 0.6 is 0 Å². The molecule has 1 saturated heterocycles. The van der Waals surface area contributed by atoms with Gasteiger partial charge in [-0.25, -0.2) is 18.0 Å². The summed E-state index contributed by atoms with van der Waals surface area (Å²) in [6, 6.07) is 14.4. The van der Waals surface area contributed by atoms with Crippen LogP contribution in [0.1, 0.15) is 12.6 Å².